The highest BCUT2D eigenvalue weighted by Crippen LogP contribution is 2.33. The Bertz CT molecular complexity index is 287. The minimum Gasteiger partial charge on any atom is -0.381 e. The Morgan fingerprint density at radius 1 is 1.36 bits per heavy atom. The van der Waals surface area contributed by atoms with Gasteiger partial charge in [0.05, 0.1) is 11.8 Å². The summed E-state index contributed by atoms with van der Waals surface area (Å²) in [7, 11) is 1.80. The van der Waals surface area contributed by atoms with Gasteiger partial charge in [-0.15, -0.1) is 0 Å². The molecule has 0 aromatic carbocycles. The Balaban J connectivity index is 1.95. The van der Waals surface area contributed by atoms with Crippen molar-refractivity contribution in [3.05, 3.63) is 17.5 Å². The highest BCUT2D eigenvalue weighted by atomic mass is 16.5. The summed E-state index contributed by atoms with van der Waals surface area (Å²) in [6.07, 6.45) is 5.05. The minimum absolute atomic E-state index is 0.454. The van der Waals surface area contributed by atoms with Gasteiger partial charge in [-0.1, -0.05) is 5.16 Å². The summed E-state index contributed by atoms with van der Waals surface area (Å²) >= 11 is 0. The van der Waals surface area contributed by atoms with E-state index in [1.54, 1.807) is 7.11 Å². The molecule has 0 unspecified atom stereocenters. The molecule has 1 aromatic heterocycles. The van der Waals surface area contributed by atoms with Crippen LogP contribution >= 0.6 is 0 Å². The standard InChI is InChI=1S/C11H17NO2/c1-8-7-11(14-12-8)9-3-5-10(13-2)6-4-9/h7,9-10H,3-6H2,1-2H3. The first-order valence-corrected chi connectivity index (χ1v) is 5.25. The highest BCUT2D eigenvalue weighted by Gasteiger charge is 2.24. The number of aromatic nitrogens is 1. The molecule has 3 nitrogen and oxygen atoms in total. The smallest absolute Gasteiger partial charge is 0.140 e. The van der Waals surface area contributed by atoms with E-state index in [2.05, 4.69) is 11.2 Å². The Labute approximate surface area is 84.4 Å². The van der Waals surface area contributed by atoms with Crippen LogP contribution in [0.25, 0.3) is 0 Å². The average molecular weight is 195 g/mol. The molecule has 78 valence electrons. The van der Waals surface area contributed by atoms with E-state index in [4.69, 9.17) is 9.26 Å². The molecule has 3 heteroatoms. The van der Waals surface area contributed by atoms with E-state index < -0.39 is 0 Å². The van der Waals surface area contributed by atoms with Crippen LogP contribution in [0.2, 0.25) is 0 Å². The van der Waals surface area contributed by atoms with E-state index in [9.17, 15) is 0 Å². The van der Waals surface area contributed by atoms with Crippen LogP contribution in [0, 0.1) is 6.92 Å². The number of hydrogen-bond donors (Lipinski definition) is 0. The molecular formula is C11H17NO2. The van der Waals surface area contributed by atoms with E-state index in [1.165, 1.54) is 0 Å². The van der Waals surface area contributed by atoms with Crippen molar-refractivity contribution >= 4 is 0 Å². The Morgan fingerprint density at radius 3 is 2.57 bits per heavy atom. The lowest BCUT2D eigenvalue weighted by Gasteiger charge is -2.25. The van der Waals surface area contributed by atoms with E-state index in [0.29, 0.717) is 12.0 Å². The van der Waals surface area contributed by atoms with Crippen LogP contribution in [0.3, 0.4) is 0 Å². The van der Waals surface area contributed by atoms with Crippen LogP contribution in [0.5, 0.6) is 0 Å². The first-order chi connectivity index (χ1) is 6.79. The molecule has 0 saturated heterocycles. The third kappa shape index (κ3) is 1.98. The lowest BCUT2D eigenvalue weighted by atomic mass is 9.86. The van der Waals surface area contributed by atoms with Gasteiger partial charge in [-0.25, -0.2) is 0 Å². The van der Waals surface area contributed by atoms with Gasteiger partial charge >= 0.3 is 0 Å². The second-order valence-corrected chi connectivity index (χ2v) is 4.08. The molecule has 1 aromatic rings. The second kappa shape index (κ2) is 4.13. The number of rotatable bonds is 2. The molecule has 1 heterocycles. The predicted molar refractivity (Wildman–Crippen MR) is 53.2 cm³/mol. The molecule has 14 heavy (non-hydrogen) atoms. The normalized spacial score (nSPS) is 27.9. The largest absolute Gasteiger partial charge is 0.381 e. The molecule has 0 amide bonds. The molecule has 1 aliphatic rings. The zero-order chi connectivity index (χ0) is 9.97. The van der Waals surface area contributed by atoms with Gasteiger partial charge < -0.3 is 9.26 Å². The predicted octanol–water partition coefficient (Wildman–Crippen LogP) is 2.66. The molecule has 0 aliphatic heterocycles. The molecule has 0 N–H and O–H groups in total. The summed E-state index contributed by atoms with van der Waals surface area (Å²) in [4.78, 5) is 0. The summed E-state index contributed by atoms with van der Waals surface area (Å²) in [5.41, 5.74) is 0.980. The molecular weight excluding hydrogens is 178 g/mol. The maximum atomic E-state index is 5.33. The topological polar surface area (TPSA) is 35.3 Å². The van der Waals surface area contributed by atoms with Gasteiger partial charge in [-0.2, -0.15) is 0 Å². The SMILES string of the molecule is COC1CCC(c2cc(C)no2)CC1. The van der Waals surface area contributed by atoms with Gasteiger partial charge in [0.25, 0.3) is 0 Å². The van der Waals surface area contributed by atoms with Gasteiger partial charge in [-0.3, -0.25) is 0 Å². The number of ether oxygens (including phenoxy) is 1. The van der Waals surface area contributed by atoms with Crippen molar-refractivity contribution in [3.8, 4) is 0 Å². The van der Waals surface area contributed by atoms with E-state index in [0.717, 1.165) is 37.1 Å². The molecule has 1 saturated carbocycles. The van der Waals surface area contributed by atoms with Gasteiger partial charge in [0, 0.05) is 19.1 Å². The van der Waals surface area contributed by atoms with Crippen LogP contribution in [-0.2, 0) is 4.74 Å². The van der Waals surface area contributed by atoms with E-state index >= 15 is 0 Å². The number of aryl methyl sites for hydroxylation is 1. The average Bonchev–Trinajstić information content (AvgIpc) is 2.65. The number of hydrogen-bond acceptors (Lipinski definition) is 3. The van der Waals surface area contributed by atoms with Crippen molar-refractivity contribution in [2.24, 2.45) is 0 Å². The van der Waals surface area contributed by atoms with Gasteiger partial charge in [0.1, 0.15) is 5.76 Å². The van der Waals surface area contributed by atoms with Crippen LogP contribution in [0.4, 0.5) is 0 Å². The molecule has 0 spiro atoms. The van der Waals surface area contributed by atoms with Crippen LogP contribution < -0.4 is 0 Å². The lowest BCUT2D eigenvalue weighted by molar-refractivity contribution is 0.0632. The van der Waals surface area contributed by atoms with Gasteiger partial charge in [0.15, 0.2) is 0 Å². The molecule has 2 rings (SSSR count). The van der Waals surface area contributed by atoms with Crippen LogP contribution in [-0.4, -0.2) is 18.4 Å². The molecule has 0 atom stereocenters. The summed E-state index contributed by atoms with van der Waals surface area (Å²) in [5.74, 6) is 1.61. The van der Waals surface area contributed by atoms with Crippen molar-refractivity contribution in [2.75, 3.05) is 7.11 Å². The lowest BCUT2D eigenvalue weighted by Crippen LogP contribution is -2.18. The molecule has 0 radical (unpaired) electrons. The maximum absolute atomic E-state index is 5.33. The summed E-state index contributed by atoms with van der Waals surface area (Å²) in [6.45, 7) is 1.97. The van der Waals surface area contributed by atoms with Gasteiger partial charge in [0.2, 0.25) is 0 Å². The van der Waals surface area contributed by atoms with Crippen molar-refractivity contribution in [3.63, 3.8) is 0 Å². The highest BCUT2D eigenvalue weighted by molar-refractivity contribution is 5.09. The van der Waals surface area contributed by atoms with Gasteiger partial charge in [-0.05, 0) is 32.6 Å². The molecule has 1 aliphatic carbocycles. The summed E-state index contributed by atoms with van der Waals surface area (Å²) in [5, 5.41) is 3.92. The Hall–Kier alpha value is -0.830. The fourth-order valence-corrected chi connectivity index (χ4v) is 2.16. The van der Waals surface area contributed by atoms with Crippen molar-refractivity contribution in [1.29, 1.82) is 0 Å². The van der Waals surface area contributed by atoms with Crippen LogP contribution in [0.1, 0.15) is 43.1 Å². The van der Waals surface area contributed by atoms with E-state index in [1.807, 2.05) is 6.92 Å². The zero-order valence-corrected chi connectivity index (χ0v) is 8.82. The number of nitrogens with zero attached hydrogens (tertiary/aromatic N) is 1. The monoisotopic (exact) mass is 195 g/mol. The summed E-state index contributed by atoms with van der Waals surface area (Å²) < 4.78 is 10.6. The number of methoxy groups -OCH3 is 1. The molecule has 0 bridgehead atoms. The van der Waals surface area contributed by atoms with Crippen molar-refractivity contribution < 1.29 is 9.26 Å². The first-order valence-electron chi connectivity index (χ1n) is 5.25. The zero-order valence-electron chi connectivity index (χ0n) is 8.82. The second-order valence-electron chi connectivity index (χ2n) is 4.08. The van der Waals surface area contributed by atoms with Crippen molar-refractivity contribution in [1.82, 2.24) is 5.16 Å². The first kappa shape index (κ1) is 9.71. The maximum Gasteiger partial charge on any atom is 0.140 e. The quantitative estimate of drug-likeness (QED) is 0.727. The van der Waals surface area contributed by atoms with Crippen LogP contribution in [0.15, 0.2) is 10.6 Å². The van der Waals surface area contributed by atoms with E-state index in [-0.39, 0.29) is 0 Å². The Kier molecular flexibility index (Phi) is 2.87. The minimum atomic E-state index is 0.454. The third-order valence-electron chi connectivity index (χ3n) is 3.06. The Morgan fingerprint density at radius 2 is 2.07 bits per heavy atom. The third-order valence-corrected chi connectivity index (χ3v) is 3.06. The summed E-state index contributed by atoms with van der Waals surface area (Å²) in [6, 6.07) is 2.05. The molecule has 1 fully saturated rings. The van der Waals surface area contributed by atoms with Crippen molar-refractivity contribution in [2.45, 2.75) is 44.6 Å². The fraction of sp³-hybridized carbons (Fsp3) is 0.727. The fourth-order valence-electron chi connectivity index (χ4n) is 2.16.